The summed E-state index contributed by atoms with van der Waals surface area (Å²) in [6.07, 6.45) is 0.993. The molecule has 1 fully saturated rings. The highest BCUT2D eigenvalue weighted by Gasteiger charge is 2.21. The second-order valence-electron chi connectivity index (χ2n) is 4.79. The van der Waals surface area contributed by atoms with E-state index in [1.165, 1.54) is 5.69 Å². The molecule has 4 heteroatoms. The van der Waals surface area contributed by atoms with Crippen LogP contribution in [-0.4, -0.2) is 43.0 Å². The van der Waals surface area contributed by atoms with Crippen LogP contribution in [0, 0.1) is 0 Å². The van der Waals surface area contributed by atoms with Gasteiger partial charge in [-0.2, -0.15) is 0 Å². The standard InChI is InChI=1S/C14H21N3O/c1-12(15)14(18)17-9-5-8-16(10-11-17)13-6-3-2-4-7-13/h2-4,6-7,12H,5,8-11,15H2,1H3. The summed E-state index contributed by atoms with van der Waals surface area (Å²) < 4.78 is 0. The van der Waals surface area contributed by atoms with Gasteiger partial charge < -0.3 is 15.5 Å². The Morgan fingerprint density at radius 1 is 1.17 bits per heavy atom. The molecule has 0 aliphatic carbocycles. The third kappa shape index (κ3) is 3.01. The molecule has 18 heavy (non-hydrogen) atoms. The zero-order valence-corrected chi connectivity index (χ0v) is 10.9. The van der Waals surface area contributed by atoms with Crippen molar-refractivity contribution in [2.75, 3.05) is 31.1 Å². The molecule has 1 aromatic carbocycles. The molecule has 1 atom stereocenters. The van der Waals surface area contributed by atoms with Crippen LogP contribution in [0.15, 0.2) is 30.3 Å². The lowest BCUT2D eigenvalue weighted by Crippen LogP contribution is -2.43. The minimum absolute atomic E-state index is 0.0601. The van der Waals surface area contributed by atoms with Crippen LogP contribution >= 0.6 is 0 Å². The third-order valence-corrected chi connectivity index (χ3v) is 3.32. The van der Waals surface area contributed by atoms with Gasteiger partial charge >= 0.3 is 0 Å². The summed E-state index contributed by atoms with van der Waals surface area (Å²) in [6.45, 7) is 5.19. The van der Waals surface area contributed by atoms with Crippen molar-refractivity contribution in [1.82, 2.24) is 4.90 Å². The molecule has 4 nitrogen and oxygen atoms in total. The Kier molecular flexibility index (Phi) is 4.20. The SMILES string of the molecule is CC(N)C(=O)N1CCCN(c2ccccc2)CC1. The maximum absolute atomic E-state index is 11.9. The molecular weight excluding hydrogens is 226 g/mol. The van der Waals surface area contributed by atoms with E-state index in [2.05, 4.69) is 17.0 Å². The molecule has 0 aromatic heterocycles. The summed E-state index contributed by atoms with van der Waals surface area (Å²) in [5.41, 5.74) is 6.89. The fourth-order valence-corrected chi connectivity index (χ4v) is 2.32. The first kappa shape index (κ1) is 12.9. The van der Waals surface area contributed by atoms with Crippen molar-refractivity contribution in [3.05, 3.63) is 30.3 Å². The van der Waals surface area contributed by atoms with Crippen LogP contribution in [0.5, 0.6) is 0 Å². The van der Waals surface area contributed by atoms with Crippen molar-refractivity contribution in [1.29, 1.82) is 0 Å². The molecule has 0 saturated carbocycles. The summed E-state index contributed by atoms with van der Waals surface area (Å²) in [7, 11) is 0. The second kappa shape index (κ2) is 5.87. The van der Waals surface area contributed by atoms with Gasteiger partial charge in [-0.1, -0.05) is 18.2 Å². The first-order valence-electron chi connectivity index (χ1n) is 6.53. The number of nitrogens with two attached hydrogens (primary N) is 1. The average molecular weight is 247 g/mol. The molecule has 1 unspecified atom stereocenters. The van der Waals surface area contributed by atoms with Gasteiger partial charge in [0, 0.05) is 31.9 Å². The summed E-state index contributed by atoms with van der Waals surface area (Å²) in [4.78, 5) is 16.1. The fourth-order valence-electron chi connectivity index (χ4n) is 2.32. The zero-order chi connectivity index (χ0) is 13.0. The van der Waals surface area contributed by atoms with Crippen LogP contribution in [0.4, 0.5) is 5.69 Å². The Labute approximate surface area is 108 Å². The number of benzene rings is 1. The van der Waals surface area contributed by atoms with Gasteiger partial charge in [0.1, 0.15) is 0 Å². The van der Waals surface area contributed by atoms with Crippen LogP contribution in [0.25, 0.3) is 0 Å². The van der Waals surface area contributed by atoms with E-state index in [9.17, 15) is 4.79 Å². The predicted octanol–water partition coefficient (Wildman–Crippen LogP) is 1.07. The van der Waals surface area contributed by atoms with Crippen LogP contribution in [0.1, 0.15) is 13.3 Å². The topological polar surface area (TPSA) is 49.6 Å². The quantitative estimate of drug-likeness (QED) is 0.850. The predicted molar refractivity (Wildman–Crippen MR) is 73.5 cm³/mol. The molecule has 0 spiro atoms. The van der Waals surface area contributed by atoms with Crippen molar-refractivity contribution in [3.8, 4) is 0 Å². The molecule has 2 N–H and O–H groups in total. The summed E-state index contributed by atoms with van der Waals surface area (Å²) in [5.74, 6) is 0.0601. The minimum atomic E-state index is -0.395. The third-order valence-electron chi connectivity index (χ3n) is 3.32. The van der Waals surface area contributed by atoms with Gasteiger partial charge in [-0.15, -0.1) is 0 Å². The Hall–Kier alpha value is -1.55. The van der Waals surface area contributed by atoms with Crippen LogP contribution in [-0.2, 0) is 4.79 Å². The lowest BCUT2D eigenvalue weighted by Gasteiger charge is -2.24. The van der Waals surface area contributed by atoms with E-state index < -0.39 is 6.04 Å². The fraction of sp³-hybridized carbons (Fsp3) is 0.500. The van der Waals surface area contributed by atoms with Crippen molar-refractivity contribution in [2.45, 2.75) is 19.4 Å². The summed E-state index contributed by atoms with van der Waals surface area (Å²) in [6, 6.07) is 9.95. The second-order valence-corrected chi connectivity index (χ2v) is 4.79. The van der Waals surface area contributed by atoms with E-state index in [-0.39, 0.29) is 5.91 Å². The molecule has 0 radical (unpaired) electrons. The van der Waals surface area contributed by atoms with E-state index in [1.54, 1.807) is 6.92 Å². The molecule has 98 valence electrons. The lowest BCUT2D eigenvalue weighted by molar-refractivity contribution is -0.131. The Balaban J connectivity index is 1.99. The molecule has 2 rings (SSSR count). The highest BCUT2D eigenvalue weighted by Crippen LogP contribution is 2.15. The molecule has 1 heterocycles. The van der Waals surface area contributed by atoms with Gasteiger partial charge in [-0.25, -0.2) is 0 Å². The normalized spacial score (nSPS) is 18.3. The first-order valence-corrected chi connectivity index (χ1v) is 6.53. The lowest BCUT2D eigenvalue weighted by atomic mass is 10.3. The monoisotopic (exact) mass is 247 g/mol. The van der Waals surface area contributed by atoms with E-state index in [4.69, 9.17) is 5.73 Å². The van der Waals surface area contributed by atoms with Crippen molar-refractivity contribution in [2.24, 2.45) is 5.73 Å². The minimum Gasteiger partial charge on any atom is -0.370 e. The highest BCUT2D eigenvalue weighted by molar-refractivity contribution is 5.81. The summed E-state index contributed by atoms with van der Waals surface area (Å²) in [5, 5.41) is 0. The van der Waals surface area contributed by atoms with E-state index in [0.717, 1.165) is 32.6 Å². The van der Waals surface area contributed by atoms with Gasteiger partial charge in [0.25, 0.3) is 0 Å². The number of hydrogen-bond donors (Lipinski definition) is 1. The zero-order valence-electron chi connectivity index (χ0n) is 10.9. The largest absolute Gasteiger partial charge is 0.370 e. The number of hydrogen-bond acceptors (Lipinski definition) is 3. The number of rotatable bonds is 2. The van der Waals surface area contributed by atoms with E-state index in [1.807, 2.05) is 23.1 Å². The molecule has 1 amide bonds. The molecule has 0 bridgehead atoms. The molecule has 1 saturated heterocycles. The van der Waals surface area contributed by atoms with Gasteiger partial charge in [0.15, 0.2) is 0 Å². The molecule has 1 aliphatic heterocycles. The number of carbonyl (C=O) groups is 1. The highest BCUT2D eigenvalue weighted by atomic mass is 16.2. The van der Waals surface area contributed by atoms with Crippen LogP contribution in [0.2, 0.25) is 0 Å². The number of anilines is 1. The number of nitrogens with zero attached hydrogens (tertiary/aromatic N) is 2. The maximum atomic E-state index is 11.9. The van der Waals surface area contributed by atoms with Crippen LogP contribution < -0.4 is 10.6 Å². The molecular formula is C14H21N3O. The Morgan fingerprint density at radius 2 is 1.89 bits per heavy atom. The first-order chi connectivity index (χ1) is 8.68. The van der Waals surface area contributed by atoms with Crippen molar-refractivity contribution >= 4 is 11.6 Å². The number of carbonyl (C=O) groups excluding carboxylic acids is 1. The van der Waals surface area contributed by atoms with Crippen LogP contribution in [0.3, 0.4) is 0 Å². The van der Waals surface area contributed by atoms with E-state index in [0.29, 0.717) is 0 Å². The maximum Gasteiger partial charge on any atom is 0.239 e. The van der Waals surface area contributed by atoms with Gasteiger partial charge in [0.2, 0.25) is 5.91 Å². The smallest absolute Gasteiger partial charge is 0.239 e. The summed E-state index contributed by atoms with van der Waals surface area (Å²) >= 11 is 0. The molecule has 1 aromatic rings. The number of amides is 1. The molecule has 1 aliphatic rings. The number of para-hydroxylation sites is 1. The average Bonchev–Trinajstić information content (AvgIpc) is 2.64. The van der Waals surface area contributed by atoms with Crippen molar-refractivity contribution in [3.63, 3.8) is 0 Å². The van der Waals surface area contributed by atoms with Crippen molar-refractivity contribution < 1.29 is 4.79 Å². The van der Waals surface area contributed by atoms with Gasteiger partial charge in [0.05, 0.1) is 6.04 Å². The van der Waals surface area contributed by atoms with Gasteiger partial charge in [-0.05, 0) is 25.5 Å². The Morgan fingerprint density at radius 3 is 2.56 bits per heavy atom. The van der Waals surface area contributed by atoms with E-state index >= 15 is 0 Å². The van der Waals surface area contributed by atoms with Gasteiger partial charge in [-0.3, -0.25) is 4.79 Å². The Bertz CT molecular complexity index is 391.